The molecule has 3 heterocycles. The van der Waals surface area contributed by atoms with Gasteiger partial charge in [-0.25, -0.2) is 18.1 Å². The van der Waals surface area contributed by atoms with Crippen molar-refractivity contribution in [1.29, 1.82) is 0 Å². The first-order chi connectivity index (χ1) is 16.5. The minimum absolute atomic E-state index is 0.152. The number of aromatic nitrogens is 2. The summed E-state index contributed by atoms with van der Waals surface area (Å²) >= 11 is 0. The van der Waals surface area contributed by atoms with Gasteiger partial charge in [-0.05, 0) is 57.9 Å². The van der Waals surface area contributed by atoms with Gasteiger partial charge >= 0.3 is 0 Å². The lowest BCUT2D eigenvalue weighted by molar-refractivity contribution is 0.0952. The van der Waals surface area contributed by atoms with Gasteiger partial charge in [-0.15, -0.1) is 0 Å². The third kappa shape index (κ3) is 5.44. The maximum atomic E-state index is 13.3. The van der Waals surface area contributed by atoms with E-state index in [0.717, 1.165) is 11.3 Å². The molecule has 0 saturated heterocycles. The smallest absolute Gasteiger partial charge is 0.259 e. The van der Waals surface area contributed by atoms with Crippen molar-refractivity contribution in [3.63, 3.8) is 0 Å². The summed E-state index contributed by atoms with van der Waals surface area (Å²) in [5, 5.41) is 7.43. The number of hydrogen-bond donors (Lipinski definition) is 2. The van der Waals surface area contributed by atoms with E-state index in [0.29, 0.717) is 39.2 Å². The largest absolute Gasteiger partial charge is 0.466 e. The number of pyridine rings is 1. The van der Waals surface area contributed by atoms with Crippen LogP contribution in [0, 0.1) is 20.8 Å². The zero-order chi connectivity index (χ0) is 25.3. The molecule has 3 aromatic heterocycles. The van der Waals surface area contributed by atoms with E-state index in [1.807, 2.05) is 26.0 Å². The summed E-state index contributed by atoms with van der Waals surface area (Å²) in [7, 11) is -3.51. The number of fused-ring (bicyclic) bond motifs is 1. The van der Waals surface area contributed by atoms with Crippen LogP contribution in [0.1, 0.15) is 52.5 Å². The number of rotatable bonds is 8. The van der Waals surface area contributed by atoms with Crippen molar-refractivity contribution in [2.45, 2.75) is 53.0 Å². The van der Waals surface area contributed by atoms with Gasteiger partial charge in [0.25, 0.3) is 11.6 Å². The zero-order valence-electron chi connectivity index (χ0n) is 20.3. The standard InChI is InChI=1S/C25H28N4O5S/c1-14(2)29-35(31,32)13-19-9-7-6-8-18(19)12-26-24(30)21-11-22(20-10-15(3)33-17(20)5)27-25-23(21)16(4)28-34-25/h6-11,14,29H,12-13H2,1-5H3,(H,26,30). The van der Waals surface area contributed by atoms with Crippen LogP contribution in [-0.2, 0) is 22.3 Å². The number of benzene rings is 1. The molecule has 35 heavy (non-hydrogen) atoms. The SMILES string of the molecule is Cc1cc(-c2cc(C(=O)NCc3ccccc3CS(=O)(=O)NC(C)C)c3c(C)noc3n2)c(C)o1. The molecular formula is C25H28N4O5S. The van der Waals surface area contributed by atoms with Gasteiger partial charge in [-0.2, -0.15) is 0 Å². The molecule has 0 aliphatic rings. The van der Waals surface area contributed by atoms with Crippen LogP contribution in [0.25, 0.3) is 22.4 Å². The van der Waals surface area contributed by atoms with Crippen LogP contribution >= 0.6 is 0 Å². The zero-order valence-corrected chi connectivity index (χ0v) is 21.1. The number of amides is 1. The molecule has 0 bridgehead atoms. The second-order valence-electron chi connectivity index (χ2n) is 8.81. The van der Waals surface area contributed by atoms with Gasteiger partial charge in [0.15, 0.2) is 0 Å². The van der Waals surface area contributed by atoms with E-state index in [-0.39, 0.29) is 30.0 Å². The van der Waals surface area contributed by atoms with E-state index in [4.69, 9.17) is 8.94 Å². The first-order valence-electron chi connectivity index (χ1n) is 11.2. The van der Waals surface area contributed by atoms with Crippen LogP contribution in [0.3, 0.4) is 0 Å². The molecule has 0 atom stereocenters. The van der Waals surface area contributed by atoms with Crippen LogP contribution in [0.4, 0.5) is 0 Å². The fourth-order valence-electron chi connectivity index (χ4n) is 4.04. The van der Waals surface area contributed by atoms with Gasteiger partial charge < -0.3 is 14.3 Å². The molecule has 184 valence electrons. The van der Waals surface area contributed by atoms with E-state index in [9.17, 15) is 13.2 Å². The van der Waals surface area contributed by atoms with Gasteiger partial charge in [0, 0.05) is 18.2 Å². The highest BCUT2D eigenvalue weighted by Gasteiger charge is 2.22. The lowest BCUT2D eigenvalue weighted by atomic mass is 10.0. The molecule has 1 amide bonds. The average Bonchev–Trinajstić information content (AvgIpc) is 3.32. The number of hydrogen-bond acceptors (Lipinski definition) is 7. The molecule has 0 spiro atoms. The number of aryl methyl sites for hydroxylation is 3. The van der Waals surface area contributed by atoms with E-state index >= 15 is 0 Å². The Morgan fingerprint density at radius 2 is 1.80 bits per heavy atom. The van der Waals surface area contributed by atoms with Crippen molar-refractivity contribution in [3.05, 3.63) is 70.3 Å². The molecule has 0 fully saturated rings. The summed E-state index contributed by atoms with van der Waals surface area (Å²) in [5.41, 5.74) is 3.81. The third-order valence-electron chi connectivity index (χ3n) is 5.50. The summed E-state index contributed by atoms with van der Waals surface area (Å²) in [5.74, 6) is 0.894. The summed E-state index contributed by atoms with van der Waals surface area (Å²) in [6.07, 6.45) is 0. The molecule has 4 aromatic rings. The predicted octanol–water partition coefficient (Wildman–Crippen LogP) is 4.17. The minimum atomic E-state index is -3.51. The van der Waals surface area contributed by atoms with Gasteiger partial charge in [0.05, 0.1) is 28.1 Å². The number of carbonyl (C=O) groups excluding carboxylic acids is 1. The summed E-state index contributed by atoms with van der Waals surface area (Å²) in [4.78, 5) is 17.9. The van der Waals surface area contributed by atoms with Gasteiger partial charge in [0.2, 0.25) is 10.0 Å². The average molecular weight is 497 g/mol. The Labute approximate surface area is 204 Å². The van der Waals surface area contributed by atoms with Gasteiger partial charge in [0.1, 0.15) is 11.5 Å². The predicted molar refractivity (Wildman–Crippen MR) is 132 cm³/mol. The molecule has 10 heteroatoms. The Morgan fingerprint density at radius 3 is 2.46 bits per heavy atom. The Hall–Kier alpha value is -3.50. The van der Waals surface area contributed by atoms with Crippen molar-refractivity contribution in [1.82, 2.24) is 20.2 Å². The highest BCUT2D eigenvalue weighted by atomic mass is 32.2. The molecule has 0 unspecified atom stereocenters. The molecule has 9 nitrogen and oxygen atoms in total. The Morgan fingerprint density at radius 1 is 1.09 bits per heavy atom. The second kappa shape index (κ2) is 9.63. The number of furan rings is 1. The lowest BCUT2D eigenvalue weighted by Crippen LogP contribution is -2.32. The van der Waals surface area contributed by atoms with Crippen molar-refractivity contribution >= 4 is 27.0 Å². The Balaban J connectivity index is 1.63. The van der Waals surface area contributed by atoms with Gasteiger partial charge in [-0.1, -0.05) is 29.4 Å². The van der Waals surface area contributed by atoms with E-state index in [1.54, 1.807) is 45.0 Å². The van der Waals surface area contributed by atoms with Crippen molar-refractivity contribution < 1.29 is 22.2 Å². The lowest BCUT2D eigenvalue weighted by Gasteiger charge is -2.14. The molecule has 0 saturated carbocycles. The maximum Gasteiger partial charge on any atom is 0.259 e. The molecule has 2 N–H and O–H groups in total. The fraction of sp³-hybridized carbons (Fsp3) is 0.320. The van der Waals surface area contributed by atoms with Crippen molar-refractivity contribution in [2.24, 2.45) is 0 Å². The van der Waals surface area contributed by atoms with Crippen molar-refractivity contribution in [2.75, 3.05) is 0 Å². The highest BCUT2D eigenvalue weighted by Crippen LogP contribution is 2.30. The number of sulfonamides is 1. The number of nitrogens with zero attached hydrogens (tertiary/aromatic N) is 2. The molecule has 0 aliphatic carbocycles. The third-order valence-corrected chi connectivity index (χ3v) is 7.02. The molecule has 4 rings (SSSR count). The maximum absolute atomic E-state index is 13.3. The first-order valence-corrected chi connectivity index (χ1v) is 12.9. The second-order valence-corrected chi connectivity index (χ2v) is 10.6. The summed E-state index contributed by atoms with van der Waals surface area (Å²) < 4.78 is 38.5. The van der Waals surface area contributed by atoms with Crippen LogP contribution in [0.15, 0.2) is 45.3 Å². The van der Waals surface area contributed by atoms with E-state index in [1.165, 1.54) is 0 Å². The normalized spacial score (nSPS) is 11.9. The van der Waals surface area contributed by atoms with Crippen molar-refractivity contribution in [3.8, 4) is 11.3 Å². The number of nitrogens with one attached hydrogen (secondary N) is 2. The number of carbonyl (C=O) groups is 1. The Kier molecular flexibility index (Phi) is 6.77. The molecular weight excluding hydrogens is 468 g/mol. The summed E-state index contributed by atoms with van der Waals surface area (Å²) in [6.45, 7) is 9.12. The van der Waals surface area contributed by atoms with Crippen LogP contribution in [0.5, 0.6) is 0 Å². The first kappa shape index (κ1) is 24.6. The quantitative estimate of drug-likeness (QED) is 0.375. The molecule has 1 aromatic carbocycles. The van der Waals surface area contributed by atoms with E-state index < -0.39 is 10.0 Å². The topological polar surface area (TPSA) is 127 Å². The van der Waals surface area contributed by atoms with Gasteiger partial charge in [-0.3, -0.25) is 4.79 Å². The monoisotopic (exact) mass is 496 g/mol. The minimum Gasteiger partial charge on any atom is -0.466 e. The summed E-state index contributed by atoms with van der Waals surface area (Å²) in [6, 6.07) is 10.5. The molecule has 0 aliphatic heterocycles. The van der Waals surface area contributed by atoms with Crippen LogP contribution in [-0.4, -0.2) is 30.5 Å². The van der Waals surface area contributed by atoms with Crippen LogP contribution in [0.2, 0.25) is 0 Å². The van der Waals surface area contributed by atoms with Crippen LogP contribution < -0.4 is 10.0 Å². The Bertz CT molecular complexity index is 1500. The highest BCUT2D eigenvalue weighted by molar-refractivity contribution is 7.88. The fourth-order valence-corrected chi connectivity index (χ4v) is 5.54. The molecule has 0 radical (unpaired) electrons. The van der Waals surface area contributed by atoms with E-state index in [2.05, 4.69) is 20.2 Å².